The number of fused-ring (bicyclic) bond motifs is 4. The molecule has 39 heavy (non-hydrogen) atoms. The molecule has 10 nitrogen and oxygen atoms in total. The highest BCUT2D eigenvalue weighted by Gasteiger charge is 2.25. The molecule has 0 bridgehead atoms. The van der Waals surface area contributed by atoms with Crippen molar-refractivity contribution in [3.8, 4) is 5.00 Å². The minimum atomic E-state index is -0.221. The highest BCUT2D eigenvalue weighted by atomic mass is 32.1. The van der Waals surface area contributed by atoms with E-state index < -0.39 is 0 Å². The third-order valence-electron chi connectivity index (χ3n) is 7.24. The molecule has 1 atom stereocenters. The number of nitrogens with zero attached hydrogens (tertiary/aromatic N) is 7. The largest absolute Gasteiger partial charge is 0.394 e. The second kappa shape index (κ2) is 9.45. The van der Waals surface area contributed by atoms with Crippen LogP contribution in [0.2, 0.25) is 0 Å². The Hall–Kier alpha value is -4.32. The summed E-state index contributed by atoms with van der Waals surface area (Å²) >= 11 is 1.56. The molecule has 5 heterocycles. The van der Waals surface area contributed by atoms with Crippen molar-refractivity contribution in [3.63, 3.8) is 0 Å². The summed E-state index contributed by atoms with van der Waals surface area (Å²) < 4.78 is 3.51. The van der Waals surface area contributed by atoms with Crippen LogP contribution in [0.3, 0.4) is 0 Å². The standard InChI is InChI=1S/C28H26N8O2S/c1-33-12-13-34(20(16-33)17-37)19-10-8-18(9-11-19)30-28-29-15-22-25(32-28)31-26-21-5-2-3-6-23(21)35(36(26)27(22)38)24-7-4-14-39-24/h2-11,14-15,20,37H,12-13,16-17H2,1H3,(H,29,30,32)/t20-/m1/s1. The molecule has 0 unspecified atom stereocenters. The van der Waals surface area contributed by atoms with Gasteiger partial charge in [-0.15, -0.1) is 11.3 Å². The van der Waals surface area contributed by atoms with Crippen LogP contribution in [0, 0.1) is 0 Å². The molecule has 7 rings (SSSR count). The third kappa shape index (κ3) is 4.02. The van der Waals surface area contributed by atoms with Gasteiger partial charge in [0.2, 0.25) is 5.95 Å². The first-order valence-corrected chi connectivity index (χ1v) is 13.6. The molecule has 0 spiro atoms. The van der Waals surface area contributed by atoms with Crippen LogP contribution in [-0.4, -0.2) is 73.5 Å². The number of likely N-dealkylation sites (N-methyl/N-ethyl adjacent to an activating group) is 1. The molecule has 0 saturated carbocycles. The van der Waals surface area contributed by atoms with Gasteiger partial charge in [0.05, 0.1) is 18.2 Å². The van der Waals surface area contributed by atoms with Gasteiger partial charge in [-0.3, -0.25) is 4.79 Å². The number of aromatic nitrogens is 5. The molecule has 1 aliphatic rings. The zero-order chi connectivity index (χ0) is 26.5. The molecule has 0 amide bonds. The van der Waals surface area contributed by atoms with E-state index in [1.54, 1.807) is 15.9 Å². The Bertz CT molecular complexity index is 1860. The number of benzene rings is 2. The quantitative estimate of drug-likeness (QED) is 0.344. The van der Waals surface area contributed by atoms with Crippen LogP contribution < -0.4 is 15.8 Å². The van der Waals surface area contributed by atoms with Gasteiger partial charge in [-0.05, 0) is 61.0 Å². The van der Waals surface area contributed by atoms with E-state index in [0.29, 0.717) is 22.6 Å². The third-order valence-corrected chi connectivity index (χ3v) is 8.09. The molecule has 1 fully saturated rings. The maximum Gasteiger partial charge on any atom is 0.284 e. The summed E-state index contributed by atoms with van der Waals surface area (Å²) in [5, 5.41) is 17.2. The Morgan fingerprint density at radius 1 is 1.03 bits per heavy atom. The number of nitrogens with one attached hydrogen (secondary N) is 1. The Labute approximate surface area is 227 Å². The van der Waals surface area contributed by atoms with Crippen molar-refractivity contribution in [2.75, 3.05) is 43.5 Å². The number of hydrogen-bond donors (Lipinski definition) is 2. The molecular formula is C28H26N8O2S. The van der Waals surface area contributed by atoms with Crippen LogP contribution in [0.25, 0.3) is 32.6 Å². The maximum atomic E-state index is 13.7. The Morgan fingerprint density at radius 2 is 1.87 bits per heavy atom. The molecule has 1 aliphatic heterocycles. The summed E-state index contributed by atoms with van der Waals surface area (Å²) in [7, 11) is 2.08. The van der Waals surface area contributed by atoms with Gasteiger partial charge in [0, 0.05) is 42.6 Å². The van der Waals surface area contributed by atoms with E-state index in [1.807, 2.05) is 70.7 Å². The van der Waals surface area contributed by atoms with E-state index in [2.05, 4.69) is 32.1 Å². The van der Waals surface area contributed by atoms with Crippen molar-refractivity contribution in [1.82, 2.24) is 29.0 Å². The van der Waals surface area contributed by atoms with Crippen molar-refractivity contribution in [2.24, 2.45) is 0 Å². The summed E-state index contributed by atoms with van der Waals surface area (Å²) in [5.41, 5.74) is 3.45. The summed E-state index contributed by atoms with van der Waals surface area (Å²) in [5.74, 6) is 0.362. The van der Waals surface area contributed by atoms with E-state index in [9.17, 15) is 9.90 Å². The lowest BCUT2D eigenvalue weighted by Gasteiger charge is -2.40. The van der Waals surface area contributed by atoms with Crippen LogP contribution in [0.4, 0.5) is 17.3 Å². The molecule has 11 heteroatoms. The van der Waals surface area contributed by atoms with Crippen molar-refractivity contribution in [3.05, 3.63) is 82.6 Å². The normalized spacial score (nSPS) is 16.5. The smallest absolute Gasteiger partial charge is 0.284 e. The van der Waals surface area contributed by atoms with Crippen molar-refractivity contribution < 1.29 is 5.11 Å². The van der Waals surface area contributed by atoms with Crippen LogP contribution in [0.5, 0.6) is 0 Å². The highest BCUT2D eigenvalue weighted by molar-refractivity contribution is 7.12. The molecule has 196 valence electrons. The summed E-state index contributed by atoms with van der Waals surface area (Å²) in [6, 6.07) is 19.9. The van der Waals surface area contributed by atoms with Gasteiger partial charge in [0.25, 0.3) is 5.56 Å². The fourth-order valence-electron chi connectivity index (χ4n) is 5.32. The van der Waals surface area contributed by atoms with Gasteiger partial charge in [0.15, 0.2) is 11.3 Å². The zero-order valence-electron chi connectivity index (χ0n) is 21.2. The first-order valence-electron chi connectivity index (χ1n) is 12.8. The van der Waals surface area contributed by atoms with E-state index in [-0.39, 0.29) is 18.2 Å². The van der Waals surface area contributed by atoms with Gasteiger partial charge in [0.1, 0.15) is 10.4 Å². The Morgan fingerprint density at radius 3 is 2.67 bits per heavy atom. The topological polar surface area (TPSA) is 104 Å². The fraction of sp³-hybridized carbons (Fsp3) is 0.214. The lowest BCUT2D eigenvalue weighted by molar-refractivity contribution is 0.191. The van der Waals surface area contributed by atoms with Gasteiger partial charge in [-0.25, -0.2) is 14.6 Å². The average Bonchev–Trinajstić information content (AvgIpc) is 3.60. The van der Waals surface area contributed by atoms with Crippen LogP contribution in [0.15, 0.2) is 77.0 Å². The van der Waals surface area contributed by atoms with Crippen molar-refractivity contribution >= 4 is 56.2 Å². The Kier molecular flexibility index (Phi) is 5.76. The molecular weight excluding hydrogens is 512 g/mol. The predicted octanol–water partition coefficient (Wildman–Crippen LogP) is 3.50. The van der Waals surface area contributed by atoms with E-state index >= 15 is 0 Å². The lowest BCUT2D eigenvalue weighted by atomic mass is 10.1. The fourth-order valence-corrected chi connectivity index (χ4v) is 6.06. The maximum absolute atomic E-state index is 13.7. The SMILES string of the molecule is CN1CCN(c2ccc(Nc3ncc4c(=O)n5c(nc4n3)c3ccccc3n5-c3cccs3)cc2)[C@@H](CO)C1. The molecule has 0 radical (unpaired) electrons. The van der Waals surface area contributed by atoms with Crippen LogP contribution in [-0.2, 0) is 0 Å². The number of aliphatic hydroxyl groups is 1. The number of rotatable bonds is 5. The van der Waals surface area contributed by atoms with Crippen LogP contribution in [0.1, 0.15) is 0 Å². The van der Waals surface area contributed by atoms with Crippen LogP contribution >= 0.6 is 11.3 Å². The molecule has 0 aliphatic carbocycles. The highest BCUT2D eigenvalue weighted by Crippen LogP contribution is 2.27. The van der Waals surface area contributed by atoms with Gasteiger partial charge in [-0.2, -0.15) is 9.50 Å². The lowest BCUT2D eigenvalue weighted by Crippen LogP contribution is -2.53. The molecule has 6 aromatic rings. The number of thiophene rings is 1. The van der Waals surface area contributed by atoms with Gasteiger partial charge >= 0.3 is 0 Å². The number of aliphatic hydroxyl groups excluding tert-OH is 1. The summed E-state index contributed by atoms with van der Waals surface area (Å²) in [6.45, 7) is 2.75. The number of piperazine rings is 1. The average molecular weight is 539 g/mol. The second-order valence-corrected chi connectivity index (χ2v) is 10.7. The monoisotopic (exact) mass is 538 g/mol. The second-order valence-electron chi connectivity index (χ2n) is 9.73. The number of anilines is 3. The van der Waals surface area contributed by atoms with E-state index in [4.69, 9.17) is 4.98 Å². The van der Waals surface area contributed by atoms with Crippen molar-refractivity contribution in [1.29, 1.82) is 0 Å². The van der Waals surface area contributed by atoms with Gasteiger partial charge < -0.3 is 20.2 Å². The molecule has 2 N–H and O–H groups in total. The van der Waals surface area contributed by atoms with E-state index in [0.717, 1.165) is 46.9 Å². The molecule has 1 saturated heterocycles. The first kappa shape index (κ1) is 23.8. The van der Waals surface area contributed by atoms with Gasteiger partial charge in [-0.1, -0.05) is 12.1 Å². The Balaban J connectivity index is 1.25. The molecule has 4 aromatic heterocycles. The zero-order valence-corrected chi connectivity index (χ0v) is 22.0. The predicted molar refractivity (Wildman–Crippen MR) is 155 cm³/mol. The summed E-state index contributed by atoms with van der Waals surface area (Å²) in [6.07, 6.45) is 1.54. The van der Waals surface area contributed by atoms with Crippen molar-refractivity contribution in [2.45, 2.75) is 6.04 Å². The van der Waals surface area contributed by atoms with E-state index in [1.165, 1.54) is 6.20 Å². The minimum Gasteiger partial charge on any atom is -0.394 e. The number of hydrogen-bond acceptors (Lipinski definition) is 9. The number of para-hydroxylation sites is 1. The first-order chi connectivity index (χ1) is 19.1. The summed E-state index contributed by atoms with van der Waals surface area (Å²) in [4.78, 5) is 32.0. The minimum absolute atomic E-state index is 0.0687. The molecule has 2 aromatic carbocycles.